The van der Waals surface area contributed by atoms with Crippen LogP contribution in [0.5, 0.6) is 0 Å². The van der Waals surface area contributed by atoms with Gasteiger partial charge in [0.05, 0.1) is 24.1 Å². The van der Waals surface area contributed by atoms with E-state index in [4.69, 9.17) is 4.74 Å². The number of ketones is 1. The van der Waals surface area contributed by atoms with Crippen LogP contribution in [0.1, 0.15) is 33.5 Å². The number of rotatable bonds is 3. The fourth-order valence-corrected chi connectivity index (χ4v) is 1.82. The summed E-state index contributed by atoms with van der Waals surface area (Å²) in [4.78, 5) is 23.1. The lowest BCUT2D eigenvalue weighted by atomic mass is 10.1. The Morgan fingerprint density at radius 2 is 1.95 bits per heavy atom. The molecule has 98 valence electrons. The van der Waals surface area contributed by atoms with Gasteiger partial charge in [-0.3, -0.25) is 4.79 Å². The number of benzene rings is 1. The maximum Gasteiger partial charge on any atom is 0.340 e. The topological polar surface area (TPSA) is 74.1 Å². The first-order valence-electron chi connectivity index (χ1n) is 5.67. The van der Waals surface area contributed by atoms with E-state index in [1.54, 1.807) is 31.2 Å². The summed E-state index contributed by atoms with van der Waals surface area (Å²) < 4.78 is 6.19. The minimum atomic E-state index is -0.463. The van der Waals surface area contributed by atoms with Gasteiger partial charge in [-0.15, -0.1) is 5.10 Å². The normalized spacial score (nSPS) is 10.3. The molecule has 0 unspecified atom stereocenters. The van der Waals surface area contributed by atoms with E-state index in [0.717, 1.165) is 0 Å². The van der Waals surface area contributed by atoms with E-state index in [0.29, 0.717) is 22.6 Å². The third kappa shape index (κ3) is 2.24. The highest BCUT2D eigenvalue weighted by molar-refractivity contribution is 5.94. The van der Waals surface area contributed by atoms with Gasteiger partial charge in [-0.25, -0.2) is 9.48 Å². The average molecular weight is 259 g/mol. The molecule has 0 aliphatic heterocycles. The zero-order valence-corrected chi connectivity index (χ0v) is 10.9. The van der Waals surface area contributed by atoms with Crippen LogP contribution in [0.4, 0.5) is 0 Å². The van der Waals surface area contributed by atoms with Crippen LogP contribution < -0.4 is 0 Å². The number of hydrogen-bond donors (Lipinski definition) is 0. The number of carbonyl (C=O) groups is 2. The molecular weight excluding hydrogens is 246 g/mol. The molecule has 0 aliphatic rings. The second-order valence-corrected chi connectivity index (χ2v) is 4.00. The molecule has 6 heteroatoms. The number of methoxy groups -OCH3 is 1. The fourth-order valence-electron chi connectivity index (χ4n) is 1.82. The van der Waals surface area contributed by atoms with E-state index in [2.05, 4.69) is 10.3 Å². The summed E-state index contributed by atoms with van der Waals surface area (Å²) in [7, 11) is 1.31. The van der Waals surface area contributed by atoms with E-state index in [1.807, 2.05) is 0 Å². The SMILES string of the molecule is COC(=O)c1ccccc1-n1nnc(C(C)=O)c1C. The number of ether oxygens (including phenoxy) is 1. The number of para-hydroxylation sites is 1. The minimum Gasteiger partial charge on any atom is -0.465 e. The molecule has 2 aromatic rings. The summed E-state index contributed by atoms with van der Waals surface area (Å²) in [6.07, 6.45) is 0. The number of esters is 1. The third-order valence-electron chi connectivity index (χ3n) is 2.77. The van der Waals surface area contributed by atoms with Crippen molar-refractivity contribution in [1.29, 1.82) is 0 Å². The van der Waals surface area contributed by atoms with Gasteiger partial charge in [-0.05, 0) is 19.1 Å². The second-order valence-electron chi connectivity index (χ2n) is 4.00. The van der Waals surface area contributed by atoms with Crippen molar-refractivity contribution < 1.29 is 14.3 Å². The highest BCUT2D eigenvalue weighted by Gasteiger charge is 2.18. The number of Topliss-reactive ketones (excluding diaryl/α,β-unsaturated/α-hetero) is 1. The molecule has 0 saturated heterocycles. The first kappa shape index (κ1) is 12.9. The molecule has 0 atom stereocenters. The van der Waals surface area contributed by atoms with Gasteiger partial charge in [0.15, 0.2) is 11.5 Å². The van der Waals surface area contributed by atoms with E-state index < -0.39 is 5.97 Å². The molecule has 1 aromatic heterocycles. The van der Waals surface area contributed by atoms with Gasteiger partial charge in [0.1, 0.15) is 0 Å². The van der Waals surface area contributed by atoms with Gasteiger partial charge < -0.3 is 4.74 Å². The van der Waals surface area contributed by atoms with Crippen LogP contribution in [0.2, 0.25) is 0 Å². The predicted octanol–water partition coefficient (Wildman–Crippen LogP) is 1.56. The first-order valence-corrected chi connectivity index (χ1v) is 5.67. The molecule has 0 radical (unpaired) electrons. The Hall–Kier alpha value is -2.50. The molecule has 0 amide bonds. The average Bonchev–Trinajstić information content (AvgIpc) is 2.79. The van der Waals surface area contributed by atoms with Crippen molar-refractivity contribution in [2.24, 2.45) is 0 Å². The largest absolute Gasteiger partial charge is 0.465 e. The predicted molar refractivity (Wildman–Crippen MR) is 67.4 cm³/mol. The number of nitrogens with zero attached hydrogens (tertiary/aromatic N) is 3. The minimum absolute atomic E-state index is 0.167. The molecule has 0 saturated carbocycles. The lowest BCUT2D eigenvalue weighted by Gasteiger charge is -2.08. The summed E-state index contributed by atoms with van der Waals surface area (Å²) in [5, 5.41) is 7.75. The van der Waals surface area contributed by atoms with Crippen molar-refractivity contribution in [3.63, 3.8) is 0 Å². The van der Waals surface area contributed by atoms with Crippen molar-refractivity contribution in [2.75, 3.05) is 7.11 Å². The lowest BCUT2D eigenvalue weighted by molar-refractivity contribution is 0.0600. The standard InChI is InChI=1S/C13H13N3O3/c1-8-12(9(2)17)14-15-16(8)11-7-5-4-6-10(11)13(18)19-3/h4-7H,1-3H3. The lowest BCUT2D eigenvalue weighted by Crippen LogP contribution is -2.10. The zero-order chi connectivity index (χ0) is 14.0. The second kappa shape index (κ2) is 5.01. The van der Waals surface area contributed by atoms with Gasteiger partial charge in [0.2, 0.25) is 0 Å². The molecule has 1 aromatic carbocycles. The van der Waals surface area contributed by atoms with Crippen LogP contribution in [0.3, 0.4) is 0 Å². The molecule has 6 nitrogen and oxygen atoms in total. The van der Waals surface area contributed by atoms with Gasteiger partial charge in [0, 0.05) is 6.92 Å². The van der Waals surface area contributed by atoms with E-state index in [9.17, 15) is 9.59 Å². The number of carbonyl (C=O) groups excluding carboxylic acids is 2. The maximum absolute atomic E-state index is 11.7. The highest BCUT2D eigenvalue weighted by Crippen LogP contribution is 2.17. The van der Waals surface area contributed by atoms with Gasteiger partial charge in [0.25, 0.3) is 0 Å². The van der Waals surface area contributed by atoms with Crippen molar-refractivity contribution in [3.05, 3.63) is 41.2 Å². The molecule has 0 bridgehead atoms. The quantitative estimate of drug-likeness (QED) is 0.617. The summed E-state index contributed by atoms with van der Waals surface area (Å²) in [5.74, 6) is -0.630. The van der Waals surface area contributed by atoms with E-state index >= 15 is 0 Å². The summed E-state index contributed by atoms with van der Waals surface area (Å²) in [6, 6.07) is 6.86. The molecular formula is C13H13N3O3. The van der Waals surface area contributed by atoms with Crippen molar-refractivity contribution >= 4 is 11.8 Å². The Labute approximate surface area is 110 Å². The Morgan fingerprint density at radius 1 is 1.26 bits per heavy atom. The van der Waals surface area contributed by atoms with Crippen LogP contribution >= 0.6 is 0 Å². The summed E-state index contributed by atoms with van der Waals surface area (Å²) in [6.45, 7) is 3.15. The van der Waals surface area contributed by atoms with Gasteiger partial charge >= 0.3 is 5.97 Å². The Kier molecular flexibility index (Phi) is 3.41. The van der Waals surface area contributed by atoms with Crippen LogP contribution in [0.15, 0.2) is 24.3 Å². The fraction of sp³-hybridized carbons (Fsp3) is 0.231. The molecule has 0 spiro atoms. The van der Waals surface area contributed by atoms with Crippen LogP contribution in [0.25, 0.3) is 5.69 Å². The van der Waals surface area contributed by atoms with E-state index in [1.165, 1.54) is 18.7 Å². The molecule has 0 N–H and O–H groups in total. The Balaban J connectivity index is 2.60. The maximum atomic E-state index is 11.7. The molecule has 1 heterocycles. The molecule has 0 aliphatic carbocycles. The molecule has 0 fully saturated rings. The number of aromatic nitrogens is 3. The summed E-state index contributed by atoms with van der Waals surface area (Å²) >= 11 is 0. The van der Waals surface area contributed by atoms with Crippen LogP contribution in [-0.2, 0) is 4.74 Å². The molecule has 2 rings (SSSR count). The zero-order valence-electron chi connectivity index (χ0n) is 10.9. The molecule has 19 heavy (non-hydrogen) atoms. The first-order chi connectivity index (χ1) is 9.06. The summed E-state index contributed by atoms with van der Waals surface area (Å²) in [5.41, 5.74) is 1.78. The Morgan fingerprint density at radius 3 is 2.53 bits per heavy atom. The van der Waals surface area contributed by atoms with Crippen molar-refractivity contribution in [1.82, 2.24) is 15.0 Å². The van der Waals surface area contributed by atoms with E-state index in [-0.39, 0.29) is 5.78 Å². The van der Waals surface area contributed by atoms with Crippen LogP contribution in [0, 0.1) is 6.92 Å². The van der Waals surface area contributed by atoms with Gasteiger partial charge in [-0.2, -0.15) is 0 Å². The van der Waals surface area contributed by atoms with Gasteiger partial charge in [-0.1, -0.05) is 17.3 Å². The smallest absolute Gasteiger partial charge is 0.340 e. The number of hydrogen-bond acceptors (Lipinski definition) is 5. The Bertz CT molecular complexity index is 646. The highest BCUT2D eigenvalue weighted by atomic mass is 16.5. The van der Waals surface area contributed by atoms with Crippen molar-refractivity contribution in [2.45, 2.75) is 13.8 Å². The third-order valence-corrected chi connectivity index (χ3v) is 2.77. The van der Waals surface area contributed by atoms with Crippen molar-refractivity contribution in [3.8, 4) is 5.69 Å². The monoisotopic (exact) mass is 259 g/mol. The van der Waals surface area contributed by atoms with Crippen LogP contribution in [-0.4, -0.2) is 33.9 Å².